The maximum absolute atomic E-state index is 5.43. The molecule has 0 radical (unpaired) electrons. The van der Waals surface area contributed by atoms with Gasteiger partial charge in [-0.05, 0) is 25.6 Å². The Hall–Kier alpha value is -1.13. The average Bonchev–Trinajstić information content (AvgIpc) is 2.30. The van der Waals surface area contributed by atoms with Crippen LogP contribution in [0.2, 0.25) is 0 Å². The molecule has 0 aliphatic heterocycles. The van der Waals surface area contributed by atoms with Crippen molar-refractivity contribution in [2.24, 2.45) is 0 Å². The number of nitrogens with zero attached hydrogens (tertiary/aromatic N) is 1. The van der Waals surface area contributed by atoms with E-state index in [1.54, 1.807) is 13.3 Å². The Morgan fingerprint density at radius 2 is 2.19 bits per heavy atom. The van der Waals surface area contributed by atoms with Crippen molar-refractivity contribution >= 4 is 0 Å². The zero-order valence-corrected chi connectivity index (χ0v) is 10.2. The van der Waals surface area contributed by atoms with Gasteiger partial charge in [0.25, 0.3) is 0 Å². The molecule has 4 heteroatoms. The summed E-state index contributed by atoms with van der Waals surface area (Å²) in [5, 5.41) is 3.31. The van der Waals surface area contributed by atoms with Gasteiger partial charge in [0.1, 0.15) is 12.4 Å². The van der Waals surface area contributed by atoms with Gasteiger partial charge in [-0.1, -0.05) is 6.92 Å². The fraction of sp³-hybridized carbons (Fsp3) is 0.583. The molecule has 1 aromatic heterocycles. The molecule has 4 nitrogen and oxygen atoms in total. The predicted octanol–water partition coefficient (Wildman–Crippen LogP) is 1.78. The minimum absolute atomic E-state index is 0.276. The summed E-state index contributed by atoms with van der Waals surface area (Å²) in [5.74, 6) is 0.782. The summed E-state index contributed by atoms with van der Waals surface area (Å²) < 4.78 is 10.3. The van der Waals surface area contributed by atoms with Gasteiger partial charge in [-0.3, -0.25) is 4.98 Å². The van der Waals surface area contributed by atoms with Gasteiger partial charge in [0, 0.05) is 13.2 Å². The molecule has 0 saturated carbocycles. The number of nitrogens with one attached hydrogen (secondary N) is 1. The summed E-state index contributed by atoms with van der Waals surface area (Å²) in [6.07, 6.45) is 1.75. The van der Waals surface area contributed by atoms with Crippen molar-refractivity contribution in [2.75, 3.05) is 26.9 Å². The van der Waals surface area contributed by atoms with Crippen LogP contribution in [0.5, 0.6) is 5.75 Å². The van der Waals surface area contributed by atoms with Crippen molar-refractivity contribution in [2.45, 2.75) is 19.9 Å². The predicted molar refractivity (Wildman–Crippen MR) is 63.7 cm³/mol. The van der Waals surface area contributed by atoms with E-state index in [-0.39, 0.29) is 6.04 Å². The fourth-order valence-electron chi connectivity index (χ4n) is 1.39. The molecule has 0 bridgehead atoms. The molecule has 0 fully saturated rings. The molecule has 16 heavy (non-hydrogen) atoms. The molecule has 0 aromatic carbocycles. The van der Waals surface area contributed by atoms with Crippen LogP contribution >= 0.6 is 0 Å². The van der Waals surface area contributed by atoms with E-state index in [9.17, 15) is 0 Å². The molecule has 0 amide bonds. The lowest BCUT2D eigenvalue weighted by Gasteiger charge is -2.12. The molecule has 90 valence electrons. The Morgan fingerprint density at radius 1 is 1.38 bits per heavy atom. The van der Waals surface area contributed by atoms with Crippen molar-refractivity contribution in [3.8, 4) is 5.75 Å². The highest BCUT2D eigenvalue weighted by atomic mass is 16.5. The van der Waals surface area contributed by atoms with Gasteiger partial charge in [0.2, 0.25) is 0 Å². The average molecular weight is 224 g/mol. The van der Waals surface area contributed by atoms with Gasteiger partial charge in [0.15, 0.2) is 0 Å². The van der Waals surface area contributed by atoms with Crippen LogP contribution in [0.3, 0.4) is 0 Å². The first-order chi connectivity index (χ1) is 7.77. The minimum atomic E-state index is 0.276. The van der Waals surface area contributed by atoms with Crippen LogP contribution in [0.4, 0.5) is 0 Å². The number of methoxy groups -OCH3 is 1. The summed E-state index contributed by atoms with van der Waals surface area (Å²) >= 11 is 0. The highest BCUT2D eigenvalue weighted by molar-refractivity contribution is 5.21. The van der Waals surface area contributed by atoms with Gasteiger partial charge in [-0.2, -0.15) is 0 Å². The Morgan fingerprint density at radius 3 is 2.75 bits per heavy atom. The van der Waals surface area contributed by atoms with Crippen LogP contribution in [-0.2, 0) is 4.74 Å². The number of hydrogen-bond donors (Lipinski definition) is 1. The minimum Gasteiger partial charge on any atom is -0.490 e. The second-order valence-electron chi connectivity index (χ2n) is 3.54. The Balaban J connectivity index is 2.47. The fourth-order valence-corrected chi connectivity index (χ4v) is 1.39. The number of aromatic nitrogens is 1. The van der Waals surface area contributed by atoms with Gasteiger partial charge in [-0.15, -0.1) is 0 Å². The summed E-state index contributed by atoms with van der Waals surface area (Å²) in [7, 11) is 1.66. The van der Waals surface area contributed by atoms with Crippen LogP contribution in [0.15, 0.2) is 18.3 Å². The third kappa shape index (κ3) is 4.16. The third-order valence-electron chi connectivity index (χ3n) is 2.27. The van der Waals surface area contributed by atoms with Crippen LogP contribution < -0.4 is 10.1 Å². The highest BCUT2D eigenvalue weighted by Crippen LogP contribution is 2.13. The van der Waals surface area contributed by atoms with Crippen molar-refractivity contribution in [1.82, 2.24) is 10.3 Å². The molecule has 0 aliphatic carbocycles. The maximum atomic E-state index is 5.43. The van der Waals surface area contributed by atoms with Gasteiger partial charge in [-0.25, -0.2) is 0 Å². The lowest BCUT2D eigenvalue weighted by molar-refractivity contribution is 0.146. The summed E-state index contributed by atoms with van der Waals surface area (Å²) in [4.78, 5) is 4.35. The Labute approximate surface area is 97.0 Å². The first-order valence-corrected chi connectivity index (χ1v) is 5.59. The van der Waals surface area contributed by atoms with E-state index < -0.39 is 0 Å². The number of pyridine rings is 1. The van der Waals surface area contributed by atoms with E-state index in [1.165, 1.54) is 0 Å². The van der Waals surface area contributed by atoms with Crippen molar-refractivity contribution in [1.29, 1.82) is 0 Å². The number of hydrogen-bond acceptors (Lipinski definition) is 4. The standard InChI is InChI=1S/C12H20N2O2/c1-4-13-10(2)12-6-5-11(9-14-12)16-8-7-15-3/h5-6,9-10,13H,4,7-8H2,1-3H3. The quantitative estimate of drug-likeness (QED) is 0.717. The zero-order chi connectivity index (χ0) is 11.8. The van der Waals surface area contributed by atoms with Crippen molar-refractivity contribution in [3.05, 3.63) is 24.0 Å². The highest BCUT2D eigenvalue weighted by Gasteiger charge is 2.04. The van der Waals surface area contributed by atoms with Crippen LogP contribution in [-0.4, -0.2) is 31.9 Å². The zero-order valence-electron chi connectivity index (χ0n) is 10.2. The first-order valence-electron chi connectivity index (χ1n) is 5.59. The normalized spacial score (nSPS) is 12.4. The molecular weight excluding hydrogens is 204 g/mol. The number of rotatable bonds is 7. The second kappa shape index (κ2) is 7.19. The SMILES string of the molecule is CCNC(C)c1ccc(OCCOC)cn1. The molecule has 1 aromatic rings. The molecule has 1 heterocycles. The topological polar surface area (TPSA) is 43.4 Å². The van der Waals surface area contributed by atoms with E-state index in [4.69, 9.17) is 9.47 Å². The Bertz CT molecular complexity index is 288. The van der Waals surface area contributed by atoms with Crippen molar-refractivity contribution < 1.29 is 9.47 Å². The van der Waals surface area contributed by atoms with E-state index in [2.05, 4.69) is 24.1 Å². The summed E-state index contributed by atoms with van der Waals surface area (Å²) in [6.45, 7) is 6.26. The summed E-state index contributed by atoms with van der Waals surface area (Å²) in [5.41, 5.74) is 1.03. The molecule has 1 unspecified atom stereocenters. The molecule has 0 spiro atoms. The van der Waals surface area contributed by atoms with E-state index in [0.717, 1.165) is 18.0 Å². The smallest absolute Gasteiger partial charge is 0.137 e. The first kappa shape index (κ1) is 12.9. The van der Waals surface area contributed by atoms with Crippen LogP contribution in [0.25, 0.3) is 0 Å². The van der Waals surface area contributed by atoms with E-state index >= 15 is 0 Å². The molecule has 0 saturated heterocycles. The third-order valence-corrected chi connectivity index (χ3v) is 2.27. The second-order valence-corrected chi connectivity index (χ2v) is 3.54. The molecule has 1 atom stereocenters. The van der Waals surface area contributed by atoms with E-state index in [0.29, 0.717) is 13.2 Å². The Kier molecular flexibility index (Phi) is 5.82. The monoisotopic (exact) mass is 224 g/mol. The molecular formula is C12H20N2O2. The van der Waals surface area contributed by atoms with Gasteiger partial charge >= 0.3 is 0 Å². The molecule has 0 aliphatic rings. The largest absolute Gasteiger partial charge is 0.490 e. The number of ether oxygens (including phenoxy) is 2. The summed E-state index contributed by atoms with van der Waals surface area (Å²) in [6, 6.07) is 4.19. The maximum Gasteiger partial charge on any atom is 0.137 e. The lowest BCUT2D eigenvalue weighted by atomic mass is 10.2. The van der Waals surface area contributed by atoms with E-state index in [1.807, 2.05) is 12.1 Å². The van der Waals surface area contributed by atoms with Crippen LogP contribution in [0.1, 0.15) is 25.6 Å². The lowest BCUT2D eigenvalue weighted by Crippen LogP contribution is -2.18. The van der Waals surface area contributed by atoms with Crippen molar-refractivity contribution in [3.63, 3.8) is 0 Å². The molecule has 1 N–H and O–H groups in total. The van der Waals surface area contributed by atoms with Gasteiger partial charge in [0.05, 0.1) is 18.5 Å². The molecule has 1 rings (SSSR count). The van der Waals surface area contributed by atoms with Gasteiger partial charge < -0.3 is 14.8 Å². The van der Waals surface area contributed by atoms with Crippen LogP contribution in [0, 0.1) is 0 Å².